The number of nitrogens with one attached hydrogen (secondary N) is 2. The summed E-state index contributed by atoms with van der Waals surface area (Å²) in [5.74, 6) is -1.30. The van der Waals surface area contributed by atoms with Crippen LogP contribution in [0.5, 0.6) is 0 Å². The van der Waals surface area contributed by atoms with Gasteiger partial charge in [0.25, 0.3) is 17.5 Å². The molecule has 0 aromatic heterocycles. The normalized spacial score (nSPS) is 10.5. The van der Waals surface area contributed by atoms with Crippen molar-refractivity contribution in [3.8, 4) is 0 Å². The molecule has 0 bridgehead atoms. The molecular weight excluding hydrogens is 488 g/mol. The van der Waals surface area contributed by atoms with Crippen LogP contribution in [-0.4, -0.2) is 16.7 Å². The number of carbonyl (C=O) groups excluding carboxylic acids is 2. The number of hydrogen-bond donors (Lipinski definition) is 2. The lowest BCUT2D eigenvalue weighted by Gasteiger charge is -2.11. The van der Waals surface area contributed by atoms with E-state index in [1.54, 1.807) is 0 Å². The van der Waals surface area contributed by atoms with Gasteiger partial charge in [-0.25, -0.2) is 0 Å². The predicted octanol–water partition coefficient (Wildman–Crippen LogP) is 6.71. The second-order valence-corrected chi connectivity index (χ2v) is 7.83. The van der Waals surface area contributed by atoms with Crippen LogP contribution in [0.25, 0.3) is 0 Å². The molecule has 3 aromatic rings. The zero-order valence-corrected chi connectivity index (χ0v) is 18.3. The molecule has 0 atom stereocenters. The topological polar surface area (TPSA) is 101 Å². The van der Waals surface area contributed by atoms with E-state index in [1.165, 1.54) is 48.5 Å². The number of benzene rings is 3. The summed E-state index contributed by atoms with van der Waals surface area (Å²) in [6.45, 7) is 0. The fourth-order valence-corrected chi connectivity index (χ4v) is 3.36. The lowest BCUT2D eigenvalue weighted by Crippen LogP contribution is -2.15. The van der Waals surface area contributed by atoms with Crippen molar-refractivity contribution in [2.45, 2.75) is 0 Å². The van der Waals surface area contributed by atoms with Gasteiger partial charge in [-0.05, 0) is 48.5 Å². The number of nitrogens with zero attached hydrogens (tertiary/aromatic N) is 1. The van der Waals surface area contributed by atoms with Gasteiger partial charge in [-0.2, -0.15) is 0 Å². The molecule has 2 amide bonds. The van der Waals surface area contributed by atoms with Gasteiger partial charge in [-0.3, -0.25) is 19.7 Å². The lowest BCUT2D eigenvalue weighted by molar-refractivity contribution is -0.383. The highest BCUT2D eigenvalue weighted by Crippen LogP contribution is 2.30. The predicted molar refractivity (Wildman–Crippen MR) is 122 cm³/mol. The minimum atomic E-state index is -0.711. The number of rotatable bonds is 5. The Morgan fingerprint density at radius 2 is 1.26 bits per heavy atom. The van der Waals surface area contributed by atoms with Crippen LogP contribution in [0.4, 0.5) is 17.1 Å². The highest BCUT2D eigenvalue weighted by Gasteiger charge is 2.20. The molecule has 3 rings (SSSR count). The van der Waals surface area contributed by atoms with Crippen molar-refractivity contribution in [2.75, 3.05) is 10.6 Å². The average Bonchev–Trinajstić information content (AvgIpc) is 2.71. The number of carbonyl (C=O) groups is 2. The Hall–Kier alpha value is -2.84. The summed E-state index contributed by atoms with van der Waals surface area (Å²) in [5, 5.41) is 17.2. The molecule has 0 heterocycles. The van der Waals surface area contributed by atoms with E-state index in [0.29, 0.717) is 5.02 Å². The zero-order chi connectivity index (χ0) is 22.7. The second-order valence-electron chi connectivity index (χ2n) is 6.15. The van der Waals surface area contributed by atoms with Crippen LogP contribution >= 0.6 is 46.4 Å². The summed E-state index contributed by atoms with van der Waals surface area (Å²) in [6, 6.07) is 12.3. The first-order valence-corrected chi connectivity index (χ1v) is 9.98. The summed E-state index contributed by atoms with van der Waals surface area (Å²) in [5.41, 5.74) is -0.210. The summed E-state index contributed by atoms with van der Waals surface area (Å²) in [6.07, 6.45) is 0. The molecule has 7 nitrogen and oxygen atoms in total. The van der Waals surface area contributed by atoms with Gasteiger partial charge in [0.05, 0.1) is 26.1 Å². The molecule has 3 aromatic carbocycles. The largest absolute Gasteiger partial charge is 0.322 e. The van der Waals surface area contributed by atoms with Gasteiger partial charge < -0.3 is 10.6 Å². The molecule has 0 aliphatic heterocycles. The van der Waals surface area contributed by atoms with Crippen LogP contribution in [0.15, 0.2) is 54.6 Å². The number of nitro groups is 1. The summed E-state index contributed by atoms with van der Waals surface area (Å²) in [7, 11) is 0. The first-order chi connectivity index (χ1) is 14.7. The maximum atomic E-state index is 12.6. The first kappa shape index (κ1) is 22.8. The summed E-state index contributed by atoms with van der Waals surface area (Å²) < 4.78 is 0. The van der Waals surface area contributed by atoms with E-state index in [0.717, 1.165) is 6.07 Å². The Balaban J connectivity index is 1.91. The molecule has 31 heavy (non-hydrogen) atoms. The molecule has 0 saturated carbocycles. The lowest BCUT2D eigenvalue weighted by atomic mass is 10.1. The van der Waals surface area contributed by atoms with E-state index in [9.17, 15) is 19.7 Å². The fraction of sp³-hybridized carbons (Fsp3) is 0. The standard InChI is InChI=1S/C20H11Cl4N3O4/c21-10-1-4-15(23)13(7-10)19(28)25-12-3-6-18(27(30)31)17(9-12)26-20(29)14-8-11(22)2-5-16(14)24/h1-9H,(H,25,28)(H,26,29). The molecule has 0 fully saturated rings. The van der Waals surface area contributed by atoms with Gasteiger partial charge in [-0.15, -0.1) is 0 Å². The molecule has 158 valence electrons. The fourth-order valence-electron chi connectivity index (χ4n) is 2.60. The van der Waals surface area contributed by atoms with Crippen LogP contribution in [0.2, 0.25) is 20.1 Å². The van der Waals surface area contributed by atoms with Crippen molar-refractivity contribution < 1.29 is 14.5 Å². The van der Waals surface area contributed by atoms with Gasteiger partial charge in [0.15, 0.2) is 0 Å². The Morgan fingerprint density at radius 1 is 0.742 bits per heavy atom. The molecule has 0 radical (unpaired) electrons. The van der Waals surface area contributed by atoms with Crippen LogP contribution in [0.3, 0.4) is 0 Å². The maximum Gasteiger partial charge on any atom is 0.292 e. The van der Waals surface area contributed by atoms with Crippen LogP contribution in [-0.2, 0) is 0 Å². The minimum Gasteiger partial charge on any atom is -0.322 e. The first-order valence-electron chi connectivity index (χ1n) is 8.47. The molecule has 11 heteroatoms. The van der Waals surface area contributed by atoms with Crippen LogP contribution < -0.4 is 10.6 Å². The van der Waals surface area contributed by atoms with Gasteiger partial charge >= 0.3 is 0 Å². The number of amides is 2. The van der Waals surface area contributed by atoms with Crippen molar-refractivity contribution in [3.63, 3.8) is 0 Å². The van der Waals surface area contributed by atoms with Gasteiger partial charge in [0.2, 0.25) is 0 Å². The molecular formula is C20H11Cl4N3O4. The van der Waals surface area contributed by atoms with E-state index in [1.807, 2.05) is 0 Å². The summed E-state index contributed by atoms with van der Waals surface area (Å²) in [4.78, 5) is 35.9. The van der Waals surface area contributed by atoms with E-state index < -0.39 is 16.7 Å². The van der Waals surface area contributed by atoms with Crippen LogP contribution in [0, 0.1) is 10.1 Å². The van der Waals surface area contributed by atoms with Crippen molar-refractivity contribution in [3.05, 3.63) is 95.9 Å². The third-order valence-corrected chi connectivity index (χ3v) is 5.17. The van der Waals surface area contributed by atoms with Crippen molar-refractivity contribution in [1.29, 1.82) is 0 Å². The Kier molecular flexibility index (Phi) is 7.02. The van der Waals surface area contributed by atoms with E-state index in [2.05, 4.69) is 10.6 Å². The third-order valence-electron chi connectivity index (χ3n) is 4.05. The Bertz CT molecular complexity index is 1220. The SMILES string of the molecule is O=C(Nc1ccc([N+](=O)[O-])c(NC(=O)c2cc(Cl)ccc2Cl)c1)c1cc(Cl)ccc1Cl. The van der Waals surface area contributed by atoms with E-state index in [-0.39, 0.29) is 43.3 Å². The summed E-state index contributed by atoms with van der Waals surface area (Å²) >= 11 is 23.9. The number of halogens is 4. The minimum absolute atomic E-state index is 0.0311. The van der Waals surface area contributed by atoms with Gasteiger partial charge in [0, 0.05) is 21.8 Å². The molecule has 0 saturated heterocycles. The number of anilines is 2. The third kappa shape index (κ3) is 5.45. The smallest absolute Gasteiger partial charge is 0.292 e. The van der Waals surface area contributed by atoms with Crippen LogP contribution in [0.1, 0.15) is 20.7 Å². The maximum absolute atomic E-state index is 12.6. The number of nitro benzene ring substituents is 1. The molecule has 0 unspecified atom stereocenters. The molecule has 0 aliphatic rings. The highest BCUT2D eigenvalue weighted by molar-refractivity contribution is 6.37. The van der Waals surface area contributed by atoms with E-state index >= 15 is 0 Å². The monoisotopic (exact) mass is 497 g/mol. The van der Waals surface area contributed by atoms with Crippen molar-refractivity contribution in [1.82, 2.24) is 0 Å². The Labute approximate surface area is 196 Å². The van der Waals surface area contributed by atoms with Crippen molar-refractivity contribution >= 4 is 75.3 Å². The Morgan fingerprint density at radius 3 is 1.77 bits per heavy atom. The molecule has 0 aliphatic carbocycles. The van der Waals surface area contributed by atoms with E-state index in [4.69, 9.17) is 46.4 Å². The molecule has 0 spiro atoms. The number of hydrogen-bond acceptors (Lipinski definition) is 4. The second kappa shape index (κ2) is 9.53. The van der Waals surface area contributed by atoms with Gasteiger partial charge in [0.1, 0.15) is 5.69 Å². The average molecular weight is 499 g/mol. The highest BCUT2D eigenvalue weighted by atomic mass is 35.5. The van der Waals surface area contributed by atoms with Crippen molar-refractivity contribution in [2.24, 2.45) is 0 Å². The van der Waals surface area contributed by atoms with Gasteiger partial charge in [-0.1, -0.05) is 46.4 Å². The quantitative estimate of drug-likeness (QED) is 0.301. The zero-order valence-electron chi connectivity index (χ0n) is 15.3. The molecule has 2 N–H and O–H groups in total.